The molecule has 3 aromatic rings. The number of carbonyl (C=O) groups is 3. The molecule has 35 heavy (non-hydrogen) atoms. The number of hydrogen-bond acceptors (Lipinski definition) is 5. The third-order valence-electron chi connectivity index (χ3n) is 6.24. The summed E-state index contributed by atoms with van der Waals surface area (Å²) in [5, 5.41) is 9.56. The Bertz CT molecular complexity index is 1210. The van der Waals surface area contributed by atoms with Crippen LogP contribution in [0.4, 0.5) is 4.39 Å². The maximum atomic E-state index is 14.2. The Kier molecular flexibility index (Phi) is 7.31. The summed E-state index contributed by atoms with van der Waals surface area (Å²) >= 11 is 0. The predicted octanol–water partition coefficient (Wildman–Crippen LogP) is 2.83. The number of rotatable bonds is 9. The molecule has 4 rings (SSSR count). The number of aliphatic hydroxyl groups excluding tert-OH is 1. The van der Waals surface area contributed by atoms with Gasteiger partial charge in [0.1, 0.15) is 5.82 Å². The topological polar surface area (TPSA) is 90.8 Å². The molecule has 1 aliphatic rings. The molecule has 0 spiro atoms. The Morgan fingerprint density at radius 3 is 2.51 bits per heavy atom. The van der Waals surface area contributed by atoms with Crippen molar-refractivity contribution in [3.05, 3.63) is 102 Å². The fourth-order valence-corrected chi connectivity index (χ4v) is 4.47. The molecule has 1 fully saturated rings. The van der Waals surface area contributed by atoms with Crippen LogP contribution in [0.25, 0.3) is 0 Å². The number of benzene rings is 2. The lowest BCUT2D eigenvalue weighted by molar-refractivity contribution is -0.143. The monoisotopic (exact) mass is 475 g/mol. The maximum absolute atomic E-state index is 14.2. The minimum absolute atomic E-state index is 0.0150. The van der Waals surface area contributed by atoms with Crippen molar-refractivity contribution in [1.82, 2.24) is 14.8 Å². The van der Waals surface area contributed by atoms with Crippen LogP contribution in [0.5, 0.6) is 0 Å². The van der Waals surface area contributed by atoms with E-state index in [1.54, 1.807) is 30.6 Å². The number of pyridine rings is 1. The first-order valence-corrected chi connectivity index (χ1v) is 11.4. The Labute approximate surface area is 202 Å². The molecule has 1 aromatic heterocycles. The number of carbonyl (C=O) groups excluding carboxylic acids is 3. The zero-order chi connectivity index (χ0) is 24.8. The quantitative estimate of drug-likeness (QED) is 0.481. The summed E-state index contributed by atoms with van der Waals surface area (Å²) in [6.45, 7) is 0.0577. The van der Waals surface area contributed by atoms with Crippen LogP contribution in [0.2, 0.25) is 0 Å². The molecule has 2 aromatic carbocycles. The van der Waals surface area contributed by atoms with E-state index in [-0.39, 0.29) is 44.6 Å². The molecule has 3 amide bonds. The van der Waals surface area contributed by atoms with Crippen LogP contribution in [0, 0.1) is 5.82 Å². The van der Waals surface area contributed by atoms with Crippen LogP contribution >= 0.6 is 0 Å². The van der Waals surface area contributed by atoms with Gasteiger partial charge >= 0.3 is 0 Å². The van der Waals surface area contributed by atoms with Gasteiger partial charge in [-0.3, -0.25) is 24.3 Å². The van der Waals surface area contributed by atoms with E-state index in [2.05, 4.69) is 4.98 Å². The van der Waals surface area contributed by atoms with Gasteiger partial charge in [0.15, 0.2) is 0 Å². The van der Waals surface area contributed by atoms with Gasteiger partial charge in [0.05, 0.1) is 18.6 Å². The Balaban J connectivity index is 1.67. The largest absolute Gasteiger partial charge is 0.395 e. The Hall–Kier alpha value is -3.91. The predicted molar refractivity (Wildman–Crippen MR) is 126 cm³/mol. The number of hydrogen-bond donors (Lipinski definition) is 1. The van der Waals surface area contributed by atoms with E-state index in [4.69, 9.17) is 0 Å². The van der Waals surface area contributed by atoms with Crippen molar-refractivity contribution in [1.29, 1.82) is 0 Å². The highest BCUT2D eigenvalue weighted by atomic mass is 19.1. The standard InChI is InChI=1S/C27H26FN3O4/c28-23-10-4-9-22(14-23)27(15-24(33)30(12-13-32)18-20-6-2-1-3-7-20)16-25(34)31(26(27)35)19-21-8-5-11-29-17-21/h1-11,14,17,32H,12-13,15-16,18-19H2. The molecule has 1 unspecified atom stereocenters. The zero-order valence-corrected chi connectivity index (χ0v) is 19.1. The van der Waals surface area contributed by atoms with Gasteiger partial charge in [-0.05, 0) is 34.9 Å². The molecule has 7 nitrogen and oxygen atoms in total. The van der Waals surface area contributed by atoms with Crippen LogP contribution in [-0.4, -0.2) is 50.8 Å². The zero-order valence-electron chi connectivity index (χ0n) is 19.1. The summed E-state index contributed by atoms with van der Waals surface area (Å²) in [7, 11) is 0. The number of likely N-dealkylation sites (tertiary alicyclic amines) is 1. The first-order chi connectivity index (χ1) is 16.9. The number of halogens is 1. The molecule has 1 N–H and O–H groups in total. The van der Waals surface area contributed by atoms with E-state index in [1.807, 2.05) is 30.3 Å². The molecule has 0 radical (unpaired) electrons. The van der Waals surface area contributed by atoms with E-state index < -0.39 is 29.0 Å². The summed E-state index contributed by atoms with van der Waals surface area (Å²) in [6.07, 6.45) is 2.59. The fourth-order valence-electron chi connectivity index (χ4n) is 4.47. The van der Waals surface area contributed by atoms with Gasteiger partial charge in [-0.15, -0.1) is 0 Å². The smallest absolute Gasteiger partial charge is 0.241 e. The highest BCUT2D eigenvalue weighted by molar-refractivity contribution is 6.10. The van der Waals surface area contributed by atoms with Crippen molar-refractivity contribution in [3.63, 3.8) is 0 Å². The molecular weight excluding hydrogens is 449 g/mol. The van der Waals surface area contributed by atoms with Gasteiger partial charge in [-0.1, -0.05) is 48.5 Å². The number of nitrogens with zero attached hydrogens (tertiary/aromatic N) is 3. The Morgan fingerprint density at radius 1 is 1.06 bits per heavy atom. The van der Waals surface area contributed by atoms with Crippen molar-refractivity contribution in [2.45, 2.75) is 31.3 Å². The summed E-state index contributed by atoms with van der Waals surface area (Å²) in [4.78, 5) is 46.9. The van der Waals surface area contributed by atoms with E-state index in [1.165, 1.54) is 23.1 Å². The number of amides is 3. The molecule has 0 saturated carbocycles. The summed E-state index contributed by atoms with van der Waals surface area (Å²) in [5.74, 6) is -1.95. The molecule has 8 heteroatoms. The molecule has 0 bridgehead atoms. The highest BCUT2D eigenvalue weighted by Crippen LogP contribution is 2.41. The van der Waals surface area contributed by atoms with Crippen LogP contribution in [0.15, 0.2) is 79.1 Å². The van der Waals surface area contributed by atoms with Crippen molar-refractivity contribution < 1.29 is 23.9 Å². The lowest BCUT2D eigenvalue weighted by atomic mass is 9.75. The van der Waals surface area contributed by atoms with Gasteiger partial charge in [-0.25, -0.2) is 4.39 Å². The summed E-state index contributed by atoms with van der Waals surface area (Å²) < 4.78 is 14.2. The van der Waals surface area contributed by atoms with E-state index in [9.17, 15) is 23.9 Å². The first-order valence-electron chi connectivity index (χ1n) is 11.4. The van der Waals surface area contributed by atoms with Crippen molar-refractivity contribution in [2.75, 3.05) is 13.2 Å². The first kappa shape index (κ1) is 24.2. The van der Waals surface area contributed by atoms with Crippen molar-refractivity contribution in [3.8, 4) is 0 Å². The maximum Gasteiger partial charge on any atom is 0.241 e. The van der Waals surface area contributed by atoms with Crippen LogP contribution in [0.1, 0.15) is 29.5 Å². The van der Waals surface area contributed by atoms with Gasteiger partial charge in [0.2, 0.25) is 17.7 Å². The van der Waals surface area contributed by atoms with Crippen LogP contribution < -0.4 is 0 Å². The molecule has 0 aliphatic carbocycles. The van der Waals surface area contributed by atoms with E-state index >= 15 is 0 Å². The van der Waals surface area contributed by atoms with Gasteiger partial charge in [0, 0.05) is 38.3 Å². The minimum Gasteiger partial charge on any atom is -0.395 e. The van der Waals surface area contributed by atoms with E-state index in [0.717, 1.165) is 10.5 Å². The van der Waals surface area contributed by atoms with Crippen molar-refractivity contribution >= 4 is 17.7 Å². The van der Waals surface area contributed by atoms with Gasteiger partial charge < -0.3 is 10.0 Å². The van der Waals surface area contributed by atoms with Gasteiger partial charge in [-0.2, -0.15) is 0 Å². The summed E-state index contributed by atoms with van der Waals surface area (Å²) in [5.41, 5.74) is 0.271. The lowest BCUT2D eigenvalue weighted by Crippen LogP contribution is -2.44. The second-order valence-corrected chi connectivity index (χ2v) is 8.62. The average Bonchev–Trinajstić information content (AvgIpc) is 3.10. The molecule has 180 valence electrons. The Morgan fingerprint density at radius 2 is 1.83 bits per heavy atom. The van der Waals surface area contributed by atoms with Crippen molar-refractivity contribution in [2.24, 2.45) is 0 Å². The lowest BCUT2D eigenvalue weighted by Gasteiger charge is -2.30. The average molecular weight is 476 g/mol. The fraction of sp³-hybridized carbons (Fsp3) is 0.259. The number of aliphatic hydroxyl groups is 1. The second-order valence-electron chi connectivity index (χ2n) is 8.62. The van der Waals surface area contributed by atoms with Crippen LogP contribution in [0.3, 0.4) is 0 Å². The normalized spacial score (nSPS) is 17.6. The SMILES string of the molecule is O=C(CC1(c2cccc(F)c2)CC(=O)N(Cc2cccnc2)C1=O)N(CCO)Cc1ccccc1. The number of imide groups is 1. The molecule has 1 atom stereocenters. The molecule has 2 heterocycles. The molecular formula is C27H26FN3O4. The van der Waals surface area contributed by atoms with Crippen LogP contribution in [-0.2, 0) is 32.9 Å². The third-order valence-corrected chi connectivity index (χ3v) is 6.24. The minimum atomic E-state index is -1.54. The third kappa shape index (κ3) is 5.27. The van der Waals surface area contributed by atoms with E-state index in [0.29, 0.717) is 5.56 Å². The van der Waals surface area contributed by atoms with Gasteiger partial charge in [0.25, 0.3) is 0 Å². The molecule has 1 aliphatic heterocycles. The number of aromatic nitrogens is 1. The summed E-state index contributed by atoms with van der Waals surface area (Å²) in [6, 6.07) is 18.2. The second kappa shape index (κ2) is 10.6. The molecule has 1 saturated heterocycles. The highest BCUT2D eigenvalue weighted by Gasteiger charge is 2.54.